The molecular formula is C9H13N2O2+. The SMILES string of the molecule is CC(C[n+]1ccccc1N)C(=O)O. The standard InChI is InChI=1S/C9H12N2O2/c1-7(9(12)13)6-11-5-3-2-4-8(11)10/h2-5,7,10H,6H2,1H3,(H,12,13)/p+1. The molecule has 1 heterocycles. The third kappa shape index (κ3) is 2.43. The van der Waals surface area contributed by atoms with Gasteiger partial charge in [-0.1, -0.05) is 6.07 Å². The number of carbonyl (C=O) groups is 1. The summed E-state index contributed by atoms with van der Waals surface area (Å²) in [6, 6.07) is 5.39. The minimum absolute atomic E-state index is 0.405. The van der Waals surface area contributed by atoms with Gasteiger partial charge in [0.2, 0.25) is 0 Å². The van der Waals surface area contributed by atoms with Gasteiger partial charge in [-0.05, 0) is 13.0 Å². The first-order valence-corrected chi connectivity index (χ1v) is 4.08. The Balaban J connectivity index is 2.74. The summed E-state index contributed by atoms with van der Waals surface area (Å²) in [5, 5.41) is 8.68. The molecule has 3 N–H and O–H groups in total. The molecule has 1 atom stereocenters. The molecule has 0 spiro atoms. The van der Waals surface area contributed by atoms with Crippen LogP contribution in [0.4, 0.5) is 5.82 Å². The van der Waals surface area contributed by atoms with Gasteiger partial charge in [0.15, 0.2) is 0 Å². The van der Waals surface area contributed by atoms with Crippen molar-refractivity contribution in [2.75, 3.05) is 5.73 Å². The average molecular weight is 181 g/mol. The van der Waals surface area contributed by atoms with Crippen LogP contribution in [0.15, 0.2) is 24.4 Å². The number of hydrogen-bond acceptors (Lipinski definition) is 2. The quantitative estimate of drug-likeness (QED) is 0.658. The van der Waals surface area contributed by atoms with E-state index in [2.05, 4.69) is 0 Å². The maximum absolute atomic E-state index is 10.6. The Kier molecular flexibility index (Phi) is 2.84. The Morgan fingerprint density at radius 1 is 1.69 bits per heavy atom. The van der Waals surface area contributed by atoms with Crippen molar-refractivity contribution in [1.82, 2.24) is 0 Å². The van der Waals surface area contributed by atoms with Crippen LogP contribution in [0.3, 0.4) is 0 Å². The van der Waals surface area contributed by atoms with E-state index >= 15 is 0 Å². The molecule has 0 aliphatic carbocycles. The molecule has 1 unspecified atom stereocenters. The lowest BCUT2D eigenvalue weighted by Gasteiger charge is -2.05. The number of nitrogens with zero attached hydrogens (tertiary/aromatic N) is 1. The van der Waals surface area contributed by atoms with Crippen LogP contribution in [0.1, 0.15) is 6.92 Å². The number of carboxylic acid groups (broad SMARTS) is 1. The molecule has 0 aliphatic rings. The van der Waals surface area contributed by atoms with Crippen molar-refractivity contribution in [3.63, 3.8) is 0 Å². The van der Waals surface area contributed by atoms with Gasteiger partial charge in [0.1, 0.15) is 6.54 Å². The van der Waals surface area contributed by atoms with Gasteiger partial charge in [-0.15, -0.1) is 0 Å². The number of aromatic nitrogens is 1. The monoisotopic (exact) mass is 181 g/mol. The predicted octanol–water partition coefficient (Wildman–Crippen LogP) is 0.277. The molecule has 1 aromatic rings. The summed E-state index contributed by atoms with van der Waals surface area (Å²) in [6.07, 6.45) is 1.77. The third-order valence-corrected chi connectivity index (χ3v) is 1.87. The zero-order chi connectivity index (χ0) is 9.84. The Hall–Kier alpha value is -1.58. The van der Waals surface area contributed by atoms with Crippen LogP contribution >= 0.6 is 0 Å². The number of rotatable bonds is 3. The van der Waals surface area contributed by atoms with E-state index in [1.807, 2.05) is 12.1 Å². The molecule has 70 valence electrons. The molecule has 0 radical (unpaired) electrons. The van der Waals surface area contributed by atoms with Gasteiger partial charge >= 0.3 is 5.97 Å². The summed E-state index contributed by atoms with van der Waals surface area (Å²) in [4.78, 5) is 10.6. The minimum Gasteiger partial charge on any atom is -0.481 e. The van der Waals surface area contributed by atoms with E-state index in [4.69, 9.17) is 10.8 Å². The number of pyridine rings is 1. The summed E-state index contributed by atoms with van der Waals surface area (Å²) in [5.41, 5.74) is 5.64. The molecule has 1 aromatic heterocycles. The number of carboxylic acids is 1. The minimum atomic E-state index is -0.809. The van der Waals surface area contributed by atoms with E-state index in [1.165, 1.54) is 0 Å². The Morgan fingerprint density at radius 3 is 2.92 bits per heavy atom. The fourth-order valence-electron chi connectivity index (χ4n) is 1.03. The van der Waals surface area contributed by atoms with Gasteiger partial charge in [-0.3, -0.25) is 10.5 Å². The summed E-state index contributed by atoms with van der Waals surface area (Å²) < 4.78 is 1.72. The van der Waals surface area contributed by atoms with Crippen molar-refractivity contribution in [3.05, 3.63) is 24.4 Å². The lowest BCUT2D eigenvalue weighted by Crippen LogP contribution is -2.41. The molecule has 0 bridgehead atoms. The molecule has 4 nitrogen and oxygen atoms in total. The van der Waals surface area contributed by atoms with Crippen molar-refractivity contribution in [2.45, 2.75) is 13.5 Å². The zero-order valence-corrected chi connectivity index (χ0v) is 7.47. The highest BCUT2D eigenvalue weighted by Crippen LogP contribution is 1.97. The lowest BCUT2D eigenvalue weighted by molar-refractivity contribution is -0.687. The molecule has 0 saturated carbocycles. The lowest BCUT2D eigenvalue weighted by atomic mass is 10.2. The van der Waals surface area contributed by atoms with E-state index in [0.29, 0.717) is 12.4 Å². The molecule has 0 aliphatic heterocycles. The topological polar surface area (TPSA) is 67.2 Å². The molecule has 0 fully saturated rings. The fraction of sp³-hybridized carbons (Fsp3) is 0.333. The van der Waals surface area contributed by atoms with Gasteiger partial charge < -0.3 is 5.11 Å². The third-order valence-electron chi connectivity index (χ3n) is 1.87. The van der Waals surface area contributed by atoms with Gasteiger partial charge in [0, 0.05) is 6.07 Å². The molecule has 4 heteroatoms. The molecule has 0 amide bonds. The highest BCUT2D eigenvalue weighted by molar-refractivity contribution is 5.69. The van der Waals surface area contributed by atoms with Crippen LogP contribution in [-0.2, 0) is 11.3 Å². The second-order valence-electron chi connectivity index (χ2n) is 3.02. The Bertz CT molecular complexity index is 312. The first-order chi connectivity index (χ1) is 6.11. The van der Waals surface area contributed by atoms with Crippen molar-refractivity contribution in [1.29, 1.82) is 0 Å². The fourth-order valence-corrected chi connectivity index (χ4v) is 1.03. The second-order valence-corrected chi connectivity index (χ2v) is 3.02. The summed E-state index contributed by atoms with van der Waals surface area (Å²) in [5.74, 6) is -0.652. The van der Waals surface area contributed by atoms with Crippen molar-refractivity contribution in [2.24, 2.45) is 5.92 Å². The molecule has 1 rings (SSSR count). The Labute approximate surface area is 76.6 Å². The molecule has 0 saturated heterocycles. The van der Waals surface area contributed by atoms with E-state index < -0.39 is 11.9 Å². The summed E-state index contributed by atoms with van der Waals surface area (Å²) >= 11 is 0. The van der Waals surface area contributed by atoms with Gasteiger partial charge in [-0.2, -0.15) is 0 Å². The summed E-state index contributed by atoms with van der Waals surface area (Å²) in [6.45, 7) is 2.06. The maximum atomic E-state index is 10.6. The number of aliphatic carboxylic acids is 1. The summed E-state index contributed by atoms with van der Waals surface area (Å²) in [7, 11) is 0. The highest BCUT2D eigenvalue weighted by Gasteiger charge is 2.15. The Morgan fingerprint density at radius 2 is 2.38 bits per heavy atom. The largest absolute Gasteiger partial charge is 0.481 e. The van der Waals surface area contributed by atoms with Crippen molar-refractivity contribution >= 4 is 11.8 Å². The van der Waals surface area contributed by atoms with Gasteiger partial charge in [0.05, 0.1) is 12.1 Å². The van der Waals surface area contributed by atoms with E-state index in [1.54, 1.807) is 23.8 Å². The van der Waals surface area contributed by atoms with Crippen LogP contribution in [0.25, 0.3) is 0 Å². The van der Waals surface area contributed by atoms with E-state index in [-0.39, 0.29) is 0 Å². The van der Waals surface area contributed by atoms with Crippen LogP contribution in [0, 0.1) is 5.92 Å². The number of anilines is 1. The first-order valence-electron chi connectivity index (χ1n) is 4.08. The molecular weight excluding hydrogens is 168 g/mol. The predicted molar refractivity (Wildman–Crippen MR) is 47.8 cm³/mol. The van der Waals surface area contributed by atoms with E-state index in [0.717, 1.165) is 0 Å². The smallest absolute Gasteiger partial charge is 0.310 e. The highest BCUT2D eigenvalue weighted by atomic mass is 16.4. The van der Waals surface area contributed by atoms with Gasteiger partial charge in [-0.25, -0.2) is 4.57 Å². The number of hydrogen-bond donors (Lipinski definition) is 2. The second kappa shape index (κ2) is 3.89. The number of nitrogen functional groups attached to an aromatic ring is 1. The van der Waals surface area contributed by atoms with Crippen molar-refractivity contribution in [3.8, 4) is 0 Å². The van der Waals surface area contributed by atoms with Crippen molar-refractivity contribution < 1.29 is 14.5 Å². The first kappa shape index (κ1) is 9.51. The average Bonchev–Trinajstić information content (AvgIpc) is 2.08. The normalized spacial score (nSPS) is 12.4. The molecule has 13 heavy (non-hydrogen) atoms. The maximum Gasteiger partial charge on any atom is 0.310 e. The van der Waals surface area contributed by atoms with Crippen LogP contribution in [0.2, 0.25) is 0 Å². The van der Waals surface area contributed by atoms with Crippen LogP contribution in [0.5, 0.6) is 0 Å². The van der Waals surface area contributed by atoms with Crippen LogP contribution in [-0.4, -0.2) is 11.1 Å². The number of nitrogens with two attached hydrogens (primary N) is 1. The van der Waals surface area contributed by atoms with Crippen LogP contribution < -0.4 is 10.3 Å². The zero-order valence-electron chi connectivity index (χ0n) is 7.47. The molecule has 0 aromatic carbocycles. The van der Waals surface area contributed by atoms with Gasteiger partial charge in [0.25, 0.3) is 5.82 Å². The van der Waals surface area contributed by atoms with E-state index in [9.17, 15) is 4.79 Å².